The van der Waals surface area contributed by atoms with E-state index in [1.165, 1.54) is 0 Å². The topological polar surface area (TPSA) is 81.9 Å². The third-order valence-corrected chi connectivity index (χ3v) is 3.71. The first-order valence-electron chi connectivity index (χ1n) is 7.42. The van der Waals surface area contributed by atoms with Crippen LogP contribution in [-0.4, -0.2) is 39.3 Å². The first-order chi connectivity index (χ1) is 10.7. The molecule has 0 spiro atoms. The molecule has 7 heteroatoms. The summed E-state index contributed by atoms with van der Waals surface area (Å²) < 4.78 is 7.01. The Morgan fingerprint density at radius 2 is 2.23 bits per heavy atom. The maximum atomic E-state index is 12.3. The molecule has 7 nitrogen and oxygen atoms in total. The Hall–Kier alpha value is -2.28. The van der Waals surface area contributed by atoms with Gasteiger partial charge in [0.2, 0.25) is 5.91 Å². The van der Waals surface area contributed by atoms with Crippen LogP contribution >= 0.6 is 0 Å². The van der Waals surface area contributed by atoms with E-state index < -0.39 is 0 Å². The highest BCUT2D eigenvalue weighted by Gasteiger charge is 2.24. The van der Waals surface area contributed by atoms with E-state index >= 15 is 0 Å². The average molecular weight is 301 g/mol. The molecule has 0 radical (unpaired) electrons. The lowest BCUT2D eigenvalue weighted by atomic mass is 10.1. The summed E-state index contributed by atoms with van der Waals surface area (Å²) >= 11 is 0. The van der Waals surface area contributed by atoms with Crippen LogP contribution in [0.15, 0.2) is 24.3 Å². The van der Waals surface area contributed by atoms with Crippen LogP contribution in [0.4, 0.5) is 5.69 Å². The third-order valence-electron chi connectivity index (χ3n) is 3.71. The maximum absolute atomic E-state index is 12.3. The van der Waals surface area contributed by atoms with Crippen LogP contribution in [0.25, 0.3) is 11.4 Å². The molecule has 1 amide bonds. The van der Waals surface area contributed by atoms with Gasteiger partial charge in [-0.05, 0) is 42.8 Å². The van der Waals surface area contributed by atoms with Crippen molar-refractivity contribution < 1.29 is 9.53 Å². The van der Waals surface area contributed by atoms with Gasteiger partial charge in [-0.1, -0.05) is 12.1 Å². The van der Waals surface area contributed by atoms with Crippen LogP contribution in [0.5, 0.6) is 0 Å². The fourth-order valence-electron chi connectivity index (χ4n) is 2.48. The van der Waals surface area contributed by atoms with Crippen molar-refractivity contribution >= 4 is 11.6 Å². The summed E-state index contributed by atoms with van der Waals surface area (Å²) in [6.45, 7) is 5.15. The summed E-state index contributed by atoms with van der Waals surface area (Å²) in [6.07, 6.45) is 0.762. The molecule has 1 aliphatic rings. The van der Waals surface area contributed by atoms with Gasteiger partial charge in [0, 0.05) is 12.2 Å². The first-order valence-corrected chi connectivity index (χ1v) is 7.42. The SMILES string of the molecule is CC(C)n1nnnc1-c1ccccc1NC(=O)C1CCOC1. The highest BCUT2D eigenvalue weighted by molar-refractivity contribution is 5.96. The predicted octanol–water partition coefficient (Wildman–Crippen LogP) is 1.90. The van der Waals surface area contributed by atoms with Crippen molar-refractivity contribution in [2.75, 3.05) is 18.5 Å². The Labute approximate surface area is 128 Å². The van der Waals surface area contributed by atoms with Crippen molar-refractivity contribution in [3.8, 4) is 11.4 Å². The van der Waals surface area contributed by atoms with E-state index in [1.54, 1.807) is 4.68 Å². The lowest BCUT2D eigenvalue weighted by molar-refractivity contribution is -0.119. The van der Waals surface area contributed by atoms with Gasteiger partial charge in [0.25, 0.3) is 0 Å². The Balaban J connectivity index is 1.89. The van der Waals surface area contributed by atoms with Crippen LogP contribution in [0, 0.1) is 5.92 Å². The molecule has 1 aromatic heterocycles. The number of para-hydroxylation sites is 1. The van der Waals surface area contributed by atoms with Gasteiger partial charge in [0.1, 0.15) is 0 Å². The maximum Gasteiger partial charge on any atom is 0.229 e. The molecule has 1 aromatic carbocycles. The fourth-order valence-corrected chi connectivity index (χ4v) is 2.48. The number of ether oxygens (including phenoxy) is 1. The first kappa shape index (κ1) is 14.6. The molecule has 2 aromatic rings. The summed E-state index contributed by atoms with van der Waals surface area (Å²) in [5.74, 6) is 0.538. The number of tetrazole rings is 1. The second-order valence-corrected chi connectivity index (χ2v) is 5.64. The molecule has 1 atom stereocenters. The van der Waals surface area contributed by atoms with Crippen LogP contribution in [0.2, 0.25) is 0 Å². The summed E-state index contributed by atoms with van der Waals surface area (Å²) in [5, 5.41) is 14.8. The van der Waals surface area contributed by atoms with Gasteiger partial charge < -0.3 is 10.1 Å². The monoisotopic (exact) mass is 301 g/mol. The van der Waals surface area contributed by atoms with Gasteiger partial charge in [0.05, 0.1) is 24.3 Å². The molecular formula is C15H19N5O2. The van der Waals surface area contributed by atoms with Crippen LogP contribution in [0.1, 0.15) is 26.3 Å². The van der Waals surface area contributed by atoms with E-state index in [0.29, 0.717) is 19.0 Å². The number of carbonyl (C=O) groups is 1. The molecule has 1 N–H and O–H groups in total. The Morgan fingerprint density at radius 3 is 2.95 bits per heavy atom. The quantitative estimate of drug-likeness (QED) is 0.932. The van der Waals surface area contributed by atoms with E-state index in [4.69, 9.17) is 4.74 Å². The Kier molecular flexibility index (Phi) is 4.15. The van der Waals surface area contributed by atoms with E-state index in [0.717, 1.165) is 17.7 Å². The van der Waals surface area contributed by atoms with E-state index in [-0.39, 0.29) is 17.9 Å². The van der Waals surface area contributed by atoms with Crippen molar-refractivity contribution in [2.45, 2.75) is 26.3 Å². The van der Waals surface area contributed by atoms with E-state index in [9.17, 15) is 4.79 Å². The predicted molar refractivity (Wildman–Crippen MR) is 81.2 cm³/mol. The molecule has 116 valence electrons. The highest BCUT2D eigenvalue weighted by Crippen LogP contribution is 2.28. The molecule has 0 bridgehead atoms. The van der Waals surface area contributed by atoms with Gasteiger partial charge in [-0.3, -0.25) is 4.79 Å². The number of benzene rings is 1. The number of amides is 1. The third kappa shape index (κ3) is 2.85. The molecule has 1 saturated heterocycles. The van der Waals surface area contributed by atoms with E-state index in [1.807, 2.05) is 38.1 Å². The zero-order chi connectivity index (χ0) is 15.5. The van der Waals surface area contributed by atoms with Crippen molar-refractivity contribution in [3.63, 3.8) is 0 Å². The standard InChI is InChI=1S/C15H19N5O2/c1-10(2)20-14(17-18-19-20)12-5-3-4-6-13(12)16-15(21)11-7-8-22-9-11/h3-6,10-11H,7-9H2,1-2H3,(H,16,21). The van der Waals surface area contributed by atoms with Gasteiger partial charge >= 0.3 is 0 Å². The number of aromatic nitrogens is 4. The molecule has 22 heavy (non-hydrogen) atoms. The zero-order valence-electron chi connectivity index (χ0n) is 12.7. The van der Waals surface area contributed by atoms with Crippen molar-refractivity contribution in [2.24, 2.45) is 5.92 Å². The molecular weight excluding hydrogens is 282 g/mol. The van der Waals surface area contributed by atoms with Crippen molar-refractivity contribution in [1.82, 2.24) is 20.2 Å². The van der Waals surface area contributed by atoms with Crippen molar-refractivity contribution in [3.05, 3.63) is 24.3 Å². The number of nitrogens with zero attached hydrogens (tertiary/aromatic N) is 4. The molecule has 1 aliphatic heterocycles. The molecule has 3 rings (SSSR count). The van der Waals surface area contributed by atoms with Crippen LogP contribution in [-0.2, 0) is 9.53 Å². The minimum absolute atomic E-state index is 0.0199. The largest absolute Gasteiger partial charge is 0.381 e. The molecule has 1 unspecified atom stereocenters. The number of hydrogen-bond acceptors (Lipinski definition) is 5. The van der Waals surface area contributed by atoms with Crippen LogP contribution in [0.3, 0.4) is 0 Å². The second-order valence-electron chi connectivity index (χ2n) is 5.64. The van der Waals surface area contributed by atoms with Gasteiger partial charge in [0.15, 0.2) is 5.82 Å². The normalized spacial score (nSPS) is 17.9. The number of nitrogens with one attached hydrogen (secondary N) is 1. The van der Waals surface area contributed by atoms with Crippen LogP contribution < -0.4 is 5.32 Å². The van der Waals surface area contributed by atoms with Gasteiger partial charge in [-0.25, -0.2) is 4.68 Å². The molecule has 2 heterocycles. The summed E-state index contributed by atoms with van der Waals surface area (Å²) in [5.41, 5.74) is 1.53. The minimum atomic E-state index is -0.0888. The number of carbonyl (C=O) groups excluding carboxylic acids is 1. The summed E-state index contributed by atoms with van der Waals surface area (Å²) in [7, 11) is 0. The Morgan fingerprint density at radius 1 is 1.41 bits per heavy atom. The van der Waals surface area contributed by atoms with E-state index in [2.05, 4.69) is 20.8 Å². The minimum Gasteiger partial charge on any atom is -0.381 e. The van der Waals surface area contributed by atoms with Crippen molar-refractivity contribution in [1.29, 1.82) is 0 Å². The van der Waals surface area contributed by atoms with Gasteiger partial charge in [-0.2, -0.15) is 0 Å². The fraction of sp³-hybridized carbons (Fsp3) is 0.467. The number of hydrogen-bond donors (Lipinski definition) is 1. The summed E-state index contributed by atoms with van der Waals surface area (Å²) in [4.78, 5) is 12.3. The summed E-state index contributed by atoms with van der Waals surface area (Å²) in [6, 6.07) is 7.70. The second kappa shape index (κ2) is 6.23. The molecule has 0 aliphatic carbocycles. The molecule has 1 fully saturated rings. The lowest BCUT2D eigenvalue weighted by Crippen LogP contribution is -2.23. The highest BCUT2D eigenvalue weighted by atomic mass is 16.5. The zero-order valence-corrected chi connectivity index (χ0v) is 12.7. The average Bonchev–Trinajstić information content (AvgIpc) is 3.19. The Bertz CT molecular complexity index is 661. The smallest absolute Gasteiger partial charge is 0.229 e. The lowest BCUT2D eigenvalue weighted by Gasteiger charge is -2.14. The number of rotatable bonds is 4. The van der Waals surface area contributed by atoms with Gasteiger partial charge in [-0.15, -0.1) is 5.10 Å². The number of anilines is 1. The molecule has 0 saturated carbocycles.